The summed E-state index contributed by atoms with van der Waals surface area (Å²) >= 11 is 5.84. The van der Waals surface area contributed by atoms with Crippen molar-refractivity contribution in [2.24, 2.45) is 0 Å². The van der Waals surface area contributed by atoms with Gasteiger partial charge in [-0.1, -0.05) is 23.7 Å². The summed E-state index contributed by atoms with van der Waals surface area (Å²) < 4.78 is 5.41. The van der Waals surface area contributed by atoms with Gasteiger partial charge in [0.2, 0.25) is 0 Å². The third-order valence-electron chi connectivity index (χ3n) is 3.77. The van der Waals surface area contributed by atoms with Crippen molar-refractivity contribution in [2.45, 2.75) is 31.5 Å². The monoisotopic (exact) mass is 283 g/mol. The zero-order chi connectivity index (χ0) is 13.7. The van der Waals surface area contributed by atoms with Gasteiger partial charge >= 0.3 is 0 Å². The number of likely N-dealkylation sites (tertiary alicyclic amines) is 1. The van der Waals surface area contributed by atoms with E-state index in [4.69, 9.17) is 16.3 Å². The van der Waals surface area contributed by atoms with Crippen LogP contribution in [0.5, 0.6) is 0 Å². The molecule has 2 rings (SSSR count). The molecule has 1 saturated heterocycles. The summed E-state index contributed by atoms with van der Waals surface area (Å²) in [5.74, 6) is 0. The first-order valence-electron chi connectivity index (χ1n) is 6.87. The largest absolute Gasteiger partial charge is 0.388 e. The van der Waals surface area contributed by atoms with Crippen molar-refractivity contribution < 1.29 is 9.84 Å². The number of methoxy groups -OCH3 is 1. The van der Waals surface area contributed by atoms with Gasteiger partial charge in [-0.25, -0.2) is 0 Å². The van der Waals surface area contributed by atoms with Crippen LogP contribution < -0.4 is 0 Å². The van der Waals surface area contributed by atoms with Crippen molar-refractivity contribution in [1.29, 1.82) is 0 Å². The predicted octanol–water partition coefficient (Wildman–Crippen LogP) is 2.87. The van der Waals surface area contributed by atoms with Crippen LogP contribution in [-0.4, -0.2) is 42.9 Å². The lowest BCUT2D eigenvalue weighted by molar-refractivity contribution is 0.0255. The fraction of sp³-hybridized carbons (Fsp3) is 0.600. The smallest absolute Gasteiger partial charge is 0.0802 e. The molecule has 3 nitrogen and oxygen atoms in total. The summed E-state index contributed by atoms with van der Waals surface area (Å²) in [6, 6.07) is 7.42. The van der Waals surface area contributed by atoms with Crippen LogP contribution in [0.2, 0.25) is 5.02 Å². The molecular weight excluding hydrogens is 262 g/mol. The fourth-order valence-electron chi connectivity index (χ4n) is 2.57. The van der Waals surface area contributed by atoms with Crippen LogP contribution in [0.1, 0.15) is 30.9 Å². The van der Waals surface area contributed by atoms with E-state index in [-0.39, 0.29) is 0 Å². The Balaban J connectivity index is 1.79. The van der Waals surface area contributed by atoms with Crippen molar-refractivity contribution in [2.75, 3.05) is 26.7 Å². The highest BCUT2D eigenvalue weighted by molar-refractivity contribution is 6.30. The highest BCUT2D eigenvalue weighted by atomic mass is 35.5. The number of aliphatic hydroxyl groups is 1. The Morgan fingerprint density at radius 3 is 2.84 bits per heavy atom. The number of rotatable bonds is 5. The molecule has 0 spiro atoms. The maximum Gasteiger partial charge on any atom is 0.0802 e. The lowest BCUT2D eigenvalue weighted by Crippen LogP contribution is -2.40. The number of hydrogen-bond donors (Lipinski definition) is 1. The molecule has 2 atom stereocenters. The first-order chi connectivity index (χ1) is 9.19. The van der Waals surface area contributed by atoms with Gasteiger partial charge in [-0.05, 0) is 43.5 Å². The number of hydrogen-bond acceptors (Lipinski definition) is 3. The number of piperidine rings is 1. The Hall–Kier alpha value is -0.610. The average molecular weight is 284 g/mol. The lowest BCUT2D eigenvalue weighted by atomic mass is 10.0. The standard InChI is InChI=1S/C15H22ClNO2/c1-19-14-3-2-9-17(11-14)10-8-15(18)12-4-6-13(16)7-5-12/h4-7,14-15,18H,2-3,8-11H2,1H3. The fourth-order valence-corrected chi connectivity index (χ4v) is 2.69. The van der Waals surface area contributed by atoms with E-state index in [0.29, 0.717) is 11.1 Å². The molecule has 0 saturated carbocycles. The van der Waals surface area contributed by atoms with Crippen molar-refractivity contribution in [3.63, 3.8) is 0 Å². The van der Waals surface area contributed by atoms with E-state index in [1.165, 1.54) is 6.42 Å². The molecule has 0 aliphatic carbocycles. The van der Waals surface area contributed by atoms with Crippen molar-refractivity contribution in [1.82, 2.24) is 4.90 Å². The van der Waals surface area contributed by atoms with Gasteiger partial charge in [-0.15, -0.1) is 0 Å². The van der Waals surface area contributed by atoms with E-state index >= 15 is 0 Å². The van der Waals surface area contributed by atoms with Gasteiger partial charge in [0.1, 0.15) is 0 Å². The van der Waals surface area contributed by atoms with Gasteiger partial charge in [0.05, 0.1) is 12.2 Å². The molecule has 1 N–H and O–H groups in total. The molecule has 1 aliphatic rings. The number of benzene rings is 1. The molecule has 19 heavy (non-hydrogen) atoms. The van der Waals surface area contributed by atoms with E-state index in [9.17, 15) is 5.11 Å². The van der Waals surface area contributed by atoms with Crippen molar-refractivity contribution >= 4 is 11.6 Å². The van der Waals surface area contributed by atoms with Crippen LogP contribution in [0.25, 0.3) is 0 Å². The Morgan fingerprint density at radius 1 is 1.42 bits per heavy atom. The molecule has 2 unspecified atom stereocenters. The van der Waals surface area contributed by atoms with E-state index < -0.39 is 6.10 Å². The Morgan fingerprint density at radius 2 is 2.16 bits per heavy atom. The Labute approximate surface area is 120 Å². The minimum atomic E-state index is -0.416. The highest BCUT2D eigenvalue weighted by Gasteiger charge is 2.20. The van der Waals surface area contributed by atoms with E-state index in [1.807, 2.05) is 24.3 Å². The molecule has 1 fully saturated rings. The van der Waals surface area contributed by atoms with Gasteiger partial charge in [-0.2, -0.15) is 0 Å². The minimum absolute atomic E-state index is 0.349. The van der Waals surface area contributed by atoms with Crippen LogP contribution in [0, 0.1) is 0 Å². The Bertz CT molecular complexity index is 382. The van der Waals surface area contributed by atoms with Gasteiger partial charge < -0.3 is 14.7 Å². The lowest BCUT2D eigenvalue weighted by Gasteiger charge is -2.32. The number of aliphatic hydroxyl groups excluding tert-OH is 1. The first-order valence-corrected chi connectivity index (χ1v) is 7.25. The van der Waals surface area contributed by atoms with Gasteiger partial charge in [-0.3, -0.25) is 0 Å². The number of nitrogens with zero attached hydrogens (tertiary/aromatic N) is 1. The third kappa shape index (κ3) is 4.46. The van der Waals surface area contributed by atoms with Crippen molar-refractivity contribution in [3.8, 4) is 0 Å². The molecular formula is C15H22ClNO2. The second kappa shape index (κ2) is 7.25. The maximum absolute atomic E-state index is 10.2. The van der Waals surface area contributed by atoms with Gasteiger partial charge in [0.15, 0.2) is 0 Å². The summed E-state index contributed by atoms with van der Waals surface area (Å²) in [6.45, 7) is 2.99. The number of ether oxygens (including phenoxy) is 1. The van der Waals surface area contributed by atoms with Crippen LogP contribution >= 0.6 is 11.6 Å². The minimum Gasteiger partial charge on any atom is -0.388 e. The molecule has 0 amide bonds. The molecule has 1 heterocycles. The topological polar surface area (TPSA) is 32.7 Å². The molecule has 0 radical (unpaired) electrons. The second-order valence-electron chi connectivity index (χ2n) is 5.16. The molecule has 4 heteroatoms. The summed E-state index contributed by atoms with van der Waals surface area (Å²) in [6.07, 6.45) is 3.00. The van der Waals surface area contributed by atoms with E-state index in [2.05, 4.69) is 4.90 Å². The van der Waals surface area contributed by atoms with Crippen LogP contribution in [0.4, 0.5) is 0 Å². The normalized spacial score (nSPS) is 22.4. The summed E-state index contributed by atoms with van der Waals surface area (Å²) in [5, 5.41) is 10.9. The quantitative estimate of drug-likeness (QED) is 0.902. The molecule has 0 aromatic heterocycles. The molecule has 1 aromatic rings. The zero-order valence-electron chi connectivity index (χ0n) is 11.4. The predicted molar refractivity (Wildman–Crippen MR) is 77.5 cm³/mol. The Kier molecular flexibility index (Phi) is 5.64. The van der Waals surface area contributed by atoms with Gasteiger partial charge in [0, 0.05) is 25.2 Å². The molecule has 106 valence electrons. The summed E-state index contributed by atoms with van der Waals surface area (Å²) in [5.41, 5.74) is 0.935. The third-order valence-corrected chi connectivity index (χ3v) is 4.02. The first kappa shape index (κ1) is 14.8. The molecule has 1 aromatic carbocycles. The number of halogens is 1. The molecule has 1 aliphatic heterocycles. The van der Waals surface area contributed by atoms with Crippen LogP contribution in [0.15, 0.2) is 24.3 Å². The highest BCUT2D eigenvalue weighted by Crippen LogP contribution is 2.20. The average Bonchev–Trinajstić information content (AvgIpc) is 2.46. The van der Waals surface area contributed by atoms with Gasteiger partial charge in [0.25, 0.3) is 0 Å². The zero-order valence-corrected chi connectivity index (χ0v) is 12.1. The summed E-state index contributed by atoms with van der Waals surface area (Å²) in [7, 11) is 1.77. The second-order valence-corrected chi connectivity index (χ2v) is 5.59. The molecule has 0 bridgehead atoms. The van der Waals surface area contributed by atoms with Crippen LogP contribution in [-0.2, 0) is 4.74 Å². The van der Waals surface area contributed by atoms with E-state index in [0.717, 1.165) is 38.0 Å². The summed E-state index contributed by atoms with van der Waals surface area (Å²) in [4.78, 5) is 2.37. The van der Waals surface area contributed by atoms with Crippen molar-refractivity contribution in [3.05, 3.63) is 34.9 Å². The maximum atomic E-state index is 10.2. The van der Waals surface area contributed by atoms with E-state index in [1.54, 1.807) is 7.11 Å². The van der Waals surface area contributed by atoms with Crippen LogP contribution in [0.3, 0.4) is 0 Å². The SMILES string of the molecule is COC1CCCN(CCC(O)c2ccc(Cl)cc2)C1.